The Labute approximate surface area is 117 Å². The maximum Gasteiger partial charge on any atom is 0.317 e. The lowest BCUT2D eigenvalue weighted by Gasteiger charge is -2.26. The fraction of sp³-hybridized carbons (Fsp3) is 0.833. The molecule has 2 amide bonds. The number of aliphatic carboxylic acids is 1. The van der Waals surface area contributed by atoms with Crippen LogP contribution in [0.15, 0.2) is 0 Å². The topological polar surface area (TPSA) is 78.9 Å². The van der Waals surface area contributed by atoms with Crippen LogP contribution in [0, 0.1) is 5.92 Å². The van der Waals surface area contributed by atoms with Crippen LogP contribution in [0.5, 0.6) is 0 Å². The van der Waals surface area contributed by atoms with Crippen LogP contribution in [-0.4, -0.2) is 66.9 Å². The summed E-state index contributed by atoms with van der Waals surface area (Å²) in [6.45, 7) is 1.08. The molecule has 1 rings (SSSR count). The first-order valence-corrected chi connectivity index (χ1v) is 7.77. The molecule has 0 radical (unpaired) electrons. The minimum Gasteiger partial charge on any atom is -0.481 e. The average molecular weight is 290 g/mol. The van der Waals surface area contributed by atoms with Gasteiger partial charge in [0.2, 0.25) is 0 Å². The summed E-state index contributed by atoms with van der Waals surface area (Å²) in [6.07, 6.45) is 4.05. The van der Waals surface area contributed by atoms with Crippen molar-refractivity contribution in [1.29, 1.82) is 0 Å². The fourth-order valence-corrected chi connectivity index (χ4v) is 2.50. The Bertz CT molecular complexity index is 314. The van der Waals surface area contributed by atoms with Crippen molar-refractivity contribution in [2.45, 2.75) is 18.9 Å². The first-order valence-electron chi connectivity index (χ1n) is 6.38. The highest BCUT2D eigenvalue weighted by atomic mass is 32.2. The van der Waals surface area contributed by atoms with E-state index in [-0.39, 0.29) is 25.3 Å². The minimum absolute atomic E-state index is 0.172. The van der Waals surface area contributed by atoms with Crippen molar-refractivity contribution in [2.24, 2.45) is 5.92 Å². The molecular formula is C12H22N2O4S. The maximum absolute atomic E-state index is 11.9. The number of urea groups is 1. The number of nitrogens with zero attached hydrogens (tertiary/aromatic N) is 1. The number of likely N-dealkylation sites (N-methyl/N-ethyl adjacent to an activating group) is 1. The summed E-state index contributed by atoms with van der Waals surface area (Å²) in [5, 5.41) is 11.9. The summed E-state index contributed by atoms with van der Waals surface area (Å²) < 4.78 is 5.15. The predicted molar refractivity (Wildman–Crippen MR) is 74.5 cm³/mol. The van der Waals surface area contributed by atoms with E-state index in [0.29, 0.717) is 6.54 Å². The molecule has 1 heterocycles. The van der Waals surface area contributed by atoms with Crippen molar-refractivity contribution in [3.8, 4) is 0 Å². The van der Waals surface area contributed by atoms with Crippen LogP contribution in [0.25, 0.3) is 0 Å². The first-order chi connectivity index (χ1) is 9.07. The van der Waals surface area contributed by atoms with Crippen LogP contribution >= 0.6 is 11.8 Å². The van der Waals surface area contributed by atoms with E-state index in [2.05, 4.69) is 11.6 Å². The molecule has 1 saturated heterocycles. The third-order valence-corrected chi connectivity index (χ3v) is 3.93. The number of thioether (sulfide) groups is 1. The molecule has 2 atom stereocenters. The summed E-state index contributed by atoms with van der Waals surface area (Å²) in [4.78, 5) is 24.4. The Kier molecular flexibility index (Phi) is 7.01. The SMILES string of the molecule is CSCCCCNC(=O)N(C)C1COCC1C(=O)O. The van der Waals surface area contributed by atoms with Gasteiger partial charge in [-0.15, -0.1) is 0 Å². The number of carboxylic acid groups (broad SMARTS) is 1. The molecule has 0 aromatic carbocycles. The molecule has 0 bridgehead atoms. The van der Waals surface area contributed by atoms with Crippen LogP contribution in [0.4, 0.5) is 4.79 Å². The van der Waals surface area contributed by atoms with Gasteiger partial charge < -0.3 is 20.1 Å². The van der Waals surface area contributed by atoms with E-state index in [1.165, 1.54) is 4.90 Å². The molecule has 0 saturated carbocycles. The molecule has 6 nitrogen and oxygen atoms in total. The van der Waals surface area contributed by atoms with Gasteiger partial charge in [-0.1, -0.05) is 0 Å². The van der Waals surface area contributed by atoms with Crippen LogP contribution in [0.3, 0.4) is 0 Å². The van der Waals surface area contributed by atoms with Crippen molar-refractivity contribution in [1.82, 2.24) is 10.2 Å². The Hall–Kier alpha value is -0.950. The zero-order chi connectivity index (χ0) is 14.3. The van der Waals surface area contributed by atoms with Gasteiger partial charge in [-0.2, -0.15) is 11.8 Å². The highest BCUT2D eigenvalue weighted by Crippen LogP contribution is 2.18. The largest absolute Gasteiger partial charge is 0.481 e. The number of rotatable bonds is 7. The van der Waals surface area contributed by atoms with E-state index >= 15 is 0 Å². The molecule has 1 fully saturated rings. The Morgan fingerprint density at radius 2 is 2.16 bits per heavy atom. The van der Waals surface area contributed by atoms with Crippen molar-refractivity contribution in [3.63, 3.8) is 0 Å². The lowest BCUT2D eigenvalue weighted by Crippen LogP contribution is -2.48. The van der Waals surface area contributed by atoms with Gasteiger partial charge in [-0.3, -0.25) is 4.79 Å². The van der Waals surface area contributed by atoms with Crippen molar-refractivity contribution < 1.29 is 19.4 Å². The number of nitrogens with one attached hydrogen (secondary N) is 1. The number of carbonyl (C=O) groups excluding carboxylic acids is 1. The number of hydrogen-bond donors (Lipinski definition) is 2. The zero-order valence-electron chi connectivity index (χ0n) is 11.4. The summed E-state index contributed by atoms with van der Waals surface area (Å²) in [6, 6.07) is -0.616. The monoisotopic (exact) mass is 290 g/mol. The first kappa shape index (κ1) is 16.1. The summed E-state index contributed by atoms with van der Waals surface area (Å²) in [5.74, 6) is -0.460. The molecule has 110 valence electrons. The Morgan fingerprint density at radius 1 is 1.42 bits per heavy atom. The van der Waals surface area contributed by atoms with E-state index in [0.717, 1.165) is 18.6 Å². The van der Waals surface area contributed by atoms with Gasteiger partial charge in [0.15, 0.2) is 0 Å². The summed E-state index contributed by atoms with van der Waals surface area (Å²) >= 11 is 1.79. The van der Waals surface area contributed by atoms with Gasteiger partial charge in [0.1, 0.15) is 5.92 Å². The highest BCUT2D eigenvalue weighted by Gasteiger charge is 2.38. The number of carboxylic acids is 1. The smallest absolute Gasteiger partial charge is 0.317 e. The molecule has 1 aliphatic rings. The third-order valence-electron chi connectivity index (χ3n) is 3.24. The van der Waals surface area contributed by atoms with Crippen molar-refractivity contribution in [2.75, 3.05) is 38.8 Å². The lowest BCUT2D eigenvalue weighted by molar-refractivity contribution is -0.142. The van der Waals surface area contributed by atoms with Crippen molar-refractivity contribution in [3.05, 3.63) is 0 Å². The average Bonchev–Trinajstić information content (AvgIpc) is 2.86. The molecule has 19 heavy (non-hydrogen) atoms. The standard InChI is InChI=1S/C12H22N2O4S/c1-14(10-8-18-7-9(10)11(15)16)12(17)13-5-3-4-6-19-2/h9-10H,3-8H2,1-2H3,(H,13,17)(H,15,16). The minimum atomic E-state index is -0.915. The number of carbonyl (C=O) groups is 2. The number of hydrogen-bond acceptors (Lipinski definition) is 4. The van der Waals surface area contributed by atoms with Gasteiger partial charge >= 0.3 is 12.0 Å². The Morgan fingerprint density at radius 3 is 2.79 bits per heavy atom. The van der Waals surface area contributed by atoms with E-state index in [1.807, 2.05) is 0 Å². The van der Waals surface area contributed by atoms with Crippen LogP contribution in [0.1, 0.15) is 12.8 Å². The molecule has 2 N–H and O–H groups in total. The van der Waals surface area contributed by atoms with Gasteiger partial charge in [0.25, 0.3) is 0 Å². The second kappa shape index (κ2) is 8.27. The maximum atomic E-state index is 11.9. The molecule has 0 aromatic rings. The van der Waals surface area contributed by atoms with Crippen molar-refractivity contribution >= 4 is 23.8 Å². The molecule has 7 heteroatoms. The Balaban J connectivity index is 2.33. The predicted octanol–water partition coefficient (Wildman–Crippen LogP) is 0.871. The molecule has 0 aromatic heterocycles. The molecule has 0 aliphatic carbocycles. The van der Waals surface area contributed by atoms with E-state index < -0.39 is 11.9 Å². The quantitative estimate of drug-likeness (QED) is 0.680. The second-order valence-electron chi connectivity index (χ2n) is 4.59. The van der Waals surface area contributed by atoms with Crippen LogP contribution in [0.2, 0.25) is 0 Å². The summed E-state index contributed by atoms with van der Waals surface area (Å²) in [5.41, 5.74) is 0. The van der Waals surface area contributed by atoms with Gasteiger partial charge in [0, 0.05) is 13.6 Å². The van der Waals surface area contributed by atoms with Gasteiger partial charge in [-0.05, 0) is 24.9 Å². The zero-order valence-corrected chi connectivity index (χ0v) is 12.2. The van der Waals surface area contributed by atoms with Crippen LogP contribution < -0.4 is 5.32 Å². The normalized spacial score (nSPS) is 22.2. The third kappa shape index (κ3) is 4.91. The van der Waals surface area contributed by atoms with Gasteiger partial charge in [0.05, 0.1) is 19.3 Å². The summed E-state index contributed by atoms with van der Waals surface area (Å²) in [7, 11) is 1.62. The van der Waals surface area contributed by atoms with Crippen LogP contribution in [-0.2, 0) is 9.53 Å². The van der Waals surface area contributed by atoms with E-state index in [4.69, 9.17) is 9.84 Å². The molecular weight excluding hydrogens is 268 g/mol. The number of ether oxygens (including phenoxy) is 1. The van der Waals surface area contributed by atoms with E-state index in [9.17, 15) is 9.59 Å². The molecule has 1 aliphatic heterocycles. The second-order valence-corrected chi connectivity index (χ2v) is 5.58. The lowest BCUT2D eigenvalue weighted by atomic mass is 10.0. The number of unbranched alkanes of at least 4 members (excludes halogenated alkanes) is 1. The molecule has 2 unspecified atom stereocenters. The highest BCUT2D eigenvalue weighted by molar-refractivity contribution is 7.98. The number of amides is 2. The fourth-order valence-electron chi connectivity index (χ4n) is 2.00. The van der Waals surface area contributed by atoms with E-state index in [1.54, 1.807) is 18.8 Å². The van der Waals surface area contributed by atoms with Gasteiger partial charge in [-0.25, -0.2) is 4.79 Å². The molecule has 0 spiro atoms.